The monoisotopic (exact) mass is 418 g/mol. The van der Waals surface area contributed by atoms with Crippen LogP contribution in [0.1, 0.15) is 46.6 Å². The predicted octanol–water partition coefficient (Wildman–Crippen LogP) is 3.53. The summed E-state index contributed by atoms with van der Waals surface area (Å²) in [6, 6.07) is 15.3. The van der Waals surface area contributed by atoms with E-state index in [-0.39, 0.29) is 18.2 Å². The van der Waals surface area contributed by atoms with Gasteiger partial charge in [-0.25, -0.2) is 0 Å². The Morgan fingerprint density at radius 2 is 1.84 bits per heavy atom. The van der Waals surface area contributed by atoms with Crippen molar-refractivity contribution in [1.29, 1.82) is 0 Å². The standard InChI is InChI=1S/C24H26N4O3/c1-17-7-9-19(10-8-17)23-27-26-22(31-23)12-11-21(29)25-16-18-5-4-6-20(15-18)24(30)28-13-2-3-14-28/h4-10,15H,2-3,11-14,16H2,1H3,(H,25,29). The Balaban J connectivity index is 1.27. The molecule has 0 spiro atoms. The van der Waals surface area contributed by atoms with E-state index in [1.165, 1.54) is 0 Å². The summed E-state index contributed by atoms with van der Waals surface area (Å²) in [6.45, 7) is 4.03. The van der Waals surface area contributed by atoms with Gasteiger partial charge in [-0.05, 0) is 49.6 Å². The fourth-order valence-corrected chi connectivity index (χ4v) is 3.59. The number of likely N-dealkylation sites (tertiary alicyclic amines) is 1. The zero-order valence-corrected chi connectivity index (χ0v) is 17.6. The number of rotatable bonds is 7. The molecule has 0 saturated carbocycles. The zero-order valence-electron chi connectivity index (χ0n) is 17.6. The normalized spacial score (nSPS) is 13.4. The van der Waals surface area contributed by atoms with Crippen molar-refractivity contribution in [2.45, 2.75) is 39.2 Å². The molecule has 3 aromatic rings. The fourth-order valence-electron chi connectivity index (χ4n) is 3.59. The Morgan fingerprint density at radius 1 is 1.06 bits per heavy atom. The maximum Gasteiger partial charge on any atom is 0.253 e. The van der Waals surface area contributed by atoms with Crippen LogP contribution in [-0.2, 0) is 17.8 Å². The first-order valence-corrected chi connectivity index (χ1v) is 10.6. The molecule has 0 radical (unpaired) electrons. The Bertz CT molecular complexity index is 1050. The van der Waals surface area contributed by atoms with Crippen LogP contribution < -0.4 is 5.32 Å². The molecule has 1 aromatic heterocycles. The molecule has 0 bridgehead atoms. The molecule has 0 aliphatic carbocycles. The molecule has 0 unspecified atom stereocenters. The highest BCUT2D eigenvalue weighted by Crippen LogP contribution is 2.19. The van der Waals surface area contributed by atoms with E-state index in [9.17, 15) is 9.59 Å². The molecule has 7 heteroatoms. The van der Waals surface area contributed by atoms with Crippen LogP contribution in [0.25, 0.3) is 11.5 Å². The molecule has 1 aliphatic heterocycles. The zero-order chi connectivity index (χ0) is 21.6. The van der Waals surface area contributed by atoms with E-state index in [2.05, 4.69) is 15.5 Å². The number of hydrogen-bond acceptors (Lipinski definition) is 5. The van der Waals surface area contributed by atoms with Crippen LogP contribution in [0, 0.1) is 6.92 Å². The number of nitrogens with one attached hydrogen (secondary N) is 1. The number of carbonyl (C=O) groups excluding carboxylic acids is 2. The molecule has 1 N–H and O–H groups in total. The summed E-state index contributed by atoms with van der Waals surface area (Å²) in [5.74, 6) is 0.844. The van der Waals surface area contributed by atoms with Gasteiger partial charge in [0.05, 0.1) is 0 Å². The average Bonchev–Trinajstić information content (AvgIpc) is 3.49. The highest BCUT2D eigenvalue weighted by atomic mass is 16.4. The van der Waals surface area contributed by atoms with Crippen LogP contribution in [0.15, 0.2) is 52.9 Å². The molecule has 2 amide bonds. The Kier molecular flexibility index (Phi) is 6.40. The Hall–Kier alpha value is -3.48. The van der Waals surface area contributed by atoms with E-state index in [0.717, 1.165) is 42.6 Å². The summed E-state index contributed by atoms with van der Waals surface area (Å²) in [4.78, 5) is 26.7. The second-order valence-corrected chi connectivity index (χ2v) is 7.84. The third-order valence-corrected chi connectivity index (χ3v) is 5.39. The quantitative estimate of drug-likeness (QED) is 0.634. The number of aromatic nitrogens is 2. The topological polar surface area (TPSA) is 88.3 Å². The van der Waals surface area contributed by atoms with Gasteiger partial charge in [0.15, 0.2) is 0 Å². The number of aryl methyl sites for hydroxylation is 2. The van der Waals surface area contributed by atoms with Crippen molar-refractivity contribution in [2.75, 3.05) is 13.1 Å². The molecule has 4 rings (SSSR count). The van der Waals surface area contributed by atoms with E-state index in [0.29, 0.717) is 30.3 Å². The van der Waals surface area contributed by atoms with Crippen LogP contribution in [0.5, 0.6) is 0 Å². The van der Waals surface area contributed by atoms with E-state index < -0.39 is 0 Å². The molecule has 1 fully saturated rings. The van der Waals surface area contributed by atoms with E-state index >= 15 is 0 Å². The summed E-state index contributed by atoms with van der Waals surface area (Å²) < 4.78 is 5.67. The first-order chi connectivity index (χ1) is 15.1. The van der Waals surface area contributed by atoms with Crippen LogP contribution in [-0.4, -0.2) is 40.0 Å². The van der Waals surface area contributed by atoms with Crippen LogP contribution in [0.3, 0.4) is 0 Å². The van der Waals surface area contributed by atoms with Gasteiger partial charge in [0, 0.05) is 43.6 Å². The third-order valence-electron chi connectivity index (χ3n) is 5.39. The van der Waals surface area contributed by atoms with Gasteiger partial charge in [0.1, 0.15) is 0 Å². The van der Waals surface area contributed by atoms with E-state index in [1.54, 1.807) is 0 Å². The van der Waals surface area contributed by atoms with E-state index in [4.69, 9.17) is 4.42 Å². The molecule has 31 heavy (non-hydrogen) atoms. The smallest absolute Gasteiger partial charge is 0.253 e. The van der Waals surface area contributed by atoms with Gasteiger partial charge < -0.3 is 14.6 Å². The van der Waals surface area contributed by atoms with E-state index in [1.807, 2.05) is 60.4 Å². The molecule has 0 atom stereocenters. The first-order valence-electron chi connectivity index (χ1n) is 10.6. The largest absolute Gasteiger partial charge is 0.421 e. The molecule has 2 aromatic carbocycles. The lowest BCUT2D eigenvalue weighted by Crippen LogP contribution is -2.28. The number of amides is 2. The van der Waals surface area contributed by atoms with Crippen LogP contribution in [0.4, 0.5) is 0 Å². The van der Waals surface area contributed by atoms with Crippen molar-refractivity contribution in [1.82, 2.24) is 20.4 Å². The lowest BCUT2D eigenvalue weighted by Gasteiger charge is -2.15. The van der Waals surface area contributed by atoms with Gasteiger partial charge in [0.2, 0.25) is 17.7 Å². The SMILES string of the molecule is Cc1ccc(-c2nnc(CCC(=O)NCc3cccc(C(=O)N4CCCC4)c3)o2)cc1. The second kappa shape index (κ2) is 9.55. The first kappa shape index (κ1) is 20.8. The summed E-state index contributed by atoms with van der Waals surface area (Å²) >= 11 is 0. The summed E-state index contributed by atoms with van der Waals surface area (Å²) in [7, 11) is 0. The van der Waals surface area contributed by atoms with Gasteiger partial charge in [-0.15, -0.1) is 10.2 Å². The van der Waals surface area contributed by atoms with Crippen molar-refractivity contribution in [2.24, 2.45) is 0 Å². The van der Waals surface area contributed by atoms with Crippen molar-refractivity contribution in [3.05, 3.63) is 71.1 Å². The van der Waals surface area contributed by atoms with Crippen molar-refractivity contribution in [3.8, 4) is 11.5 Å². The minimum Gasteiger partial charge on any atom is -0.421 e. The molecular weight excluding hydrogens is 392 g/mol. The lowest BCUT2D eigenvalue weighted by atomic mass is 10.1. The van der Waals surface area contributed by atoms with Gasteiger partial charge in [-0.1, -0.05) is 29.8 Å². The van der Waals surface area contributed by atoms with Gasteiger partial charge in [0.25, 0.3) is 5.91 Å². The molecule has 1 aliphatic rings. The molecule has 160 valence electrons. The highest BCUT2D eigenvalue weighted by molar-refractivity contribution is 5.94. The fraction of sp³-hybridized carbons (Fsp3) is 0.333. The van der Waals surface area contributed by atoms with Crippen molar-refractivity contribution in [3.63, 3.8) is 0 Å². The Labute approximate surface area is 181 Å². The number of benzene rings is 2. The number of hydrogen-bond donors (Lipinski definition) is 1. The molecule has 7 nitrogen and oxygen atoms in total. The second-order valence-electron chi connectivity index (χ2n) is 7.84. The van der Waals surface area contributed by atoms with Gasteiger partial charge >= 0.3 is 0 Å². The highest BCUT2D eigenvalue weighted by Gasteiger charge is 2.19. The summed E-state index contributed by atoms with van der Waals surface area (Å²) in [6.07, 6.45) is 2.75. The minimum atomic E-state index is -0.105. The maximum atomic E-state index is 12.5. The average molecular weight is 418 g/mol. The van der Waals surface area contributed by atoms with Gasteiger partial charge in [-0.3, -0.25) is 9.59 Å². The van der Waals surface area contributed by atoms with Crippen molar-refractivity contribution >= 4 is 11.8 Å². The predicted molar refractivity (Wildman–Crippen MR) is 116 cm³/mol. The van der Waals surface area contributed by atoms with Crippen LogP contribution >= 0.6 is 0 Å². The summed E-state index contributed by atoms with van der Waals surface area (Å²) in [5, 5.41) is 11.0. The summed E-state index contributed by atoms with van der Waals surface area (Å²) in [5.41, 5.74) is 3.59. The number of nitrogens with zero attached hydrogens (tertiary/aromatic N) is 3. The van der Waals surface area contributed by atoms with Crippen molar-refractivity contribution < 1.29 is 14.0 Å². The Morgan fingerprint density at radius 3 is 2.61 bits per heavy atom. The molecule has 1 saturated heterocycles. The van der Waals surface area contributed by atoms with Gasteiger partial charge in [-0.2, -0.15) is 0 Å². The maximum absolute atomic E-state index is 12.5. The molecular formula is C24H26N4O3. The lowest BCUT2D eigenvalue weighted by molar-refractivity contribution is -0.121. The molecule has 2 heterocycles. The minimum absolute atomic E-state index is 0.0615. The van der Waals surface area contributed by atoms with Crippen LogP contribution in [0.2, 0.25) is 0 Å². The third kappa shape index (κ3) is 5.36. The number of carbonyl (C=O) groups is 2.